The highest BCUT2D eigenvalue weighted by Gasteiger charge is 2.41. The van der Waals surface area contributed by atoms with Crippen LogP contribution in [0.25, 0.3) is 0 Å². The number of aliphatic carboxylic acids is 1. The van der Waals surface area contributed by atoms with Gasteiger partial charge in [-0.05, 0) is 24.0 Å². The molecule has 29 heavy (non-hydrogen) atoms. The zero-order chi connectivity index (χ0) is 20.6. The van der Waals surface area contributed by atoms with Crippen LogP contribution in [-0.4, -0.2) is 45.9 Å². The van der Waals surface area contributed by atoms with Gasteiger partial charge in [0.1, 0.15) is 13.2 Å². The molecule has 152 valence electrons. The molecule has 1 aliphatic rings. The smallest absolute Gasteiger partial charge is 0.430 e. The SMILES string of the molecule is O=C(O)[C@@H]1CCCN(C(=O)OCc2ccccc2)N1C(=O)OCc1ccccc1. The number of hydrogen-bond acceptors (Lipinski definition) is 5. The molecule has 8 heteroatoms. The summed E-state index contributed by atoms with van der Waals surface area (Å²) in [6.45, 7) is 0.147. The zero-order valence-electron chi connectivity index (χ0n) is 15.8. The van der Waals surface area contributed by atoms with Gasteiger partial charge in [0.25, 0.3) is 0 Å². The van der Waals surface area contributed by atoms with Gasteiger partial charge in [0.2, 0.25) is 0 Å². The fourth-order valence-electron chi connectivity index (χ4n) is 3.05. The fourth-order valence-corrected chi connectivity index (χ4v) is 3.05. The van der Waals surface area contributed by atoms with E-state index in [1.165, 1.54) is 0 Å². The summed E-state index contributed by atoms with van der Waals surface area (Å²) in [7, 11) is 0. The van der Waals surface area contributed by atoms with Crippen molar-refractivity contribution < 1.29 is 29.0 Å². The predicted molar refractivity (Wildman–Crippen MR) is 102 cm³/mol. The Labute approximate surface area is 168 Å². The van der Waals surface area contributed by atoms with Crippen molar-refractivity contribution in [3.63, 3.8) is 0 Å². The van der Waals surface area contributed by atoms with Gasteiger partial charge in [-0.3, -0.25) is 0 Å². The number of carboxylic acids is 1. The van der Waals surface area contributed by atoms with Crippen LogP contribution in [-0.2, 0) is 27.5 Å². The molecule has 1 N–H and O–H groups in total. The first-order valence-electron chi connectivity index (χ1n) is 9.27. The third-order valence-corrected chi connectivity index (χ3v) is 4.50. The van der Waals surface area contributed by atoms with Crippen molar-refractivity contribution in [2.75, 3.05) is 6.54 Å². The van der Waals surface area contributed by atoms with E-state index in [1.807, 2.05) is 24.3 Å². The Kier molecular flexibility index (Phi) is 6.67. The molecule has 0 unspecified atom stereocenters. The lowest BCUT2D eigenvalue weighted by atomic mass is 10.1. The van der Waals surface area contributed by atoms with Gasteiger partial charge in [0.15, 0.2) is 6.04 Å². The van der Waals surface area contributed by atoms with Crippen LogP contribution >= 0.6 is 0 Å². The summed E-state index contributed by atoms with van der Waals surface area (Å²) in [5.41, 5.74) is 1.54. The Morgan fingerprint density at radius 2 is 1.38 bits per heavy atom. The lowest BCUT2D eigenvalue weighted by Gasteiger charge is -2.40. The molecule has 1 aliphatic heterocycles. The van der Waals surface area contributed by atoms with Crippen molar-refractivity contribution in [2.24, 2.45) is 0 Å². The quantitative estimate of drug-likeness (QED) is 0.829. The standard InChI is InChI=1S/C21H22N2O6/c24-19(25)18-12-7-13-22(20(26)28-14-16-8-3-1-4-9-16)23(18)21(27)29-15-17-10-5-2-6-11-17/h1-6,8-11,18H,7,12-15H2,(H,24,25)/t18-/m0/s1. The molecule has 1 heterocycles. The maximum atomic E-state index is 12.7. The minimum absolute atomic E-state index is 0.0147. The minimum Gasteiger partial charge on any atom is -0.480 e. The van der Waals surface area contributed by atoms with Gasteiger partial charge in [-0.1, -0.05) is 60.7 Å². The highest BCUT2D eigenvalue weighted by atomic mass is 16.6. The van der Waals surface area contributed by atoms with Gasteiger partial charge in [0, 0.05) is 6.54 Å². The van der Waals surface area contributed by atoms with E-state index in [-0.39, 0.29) is 26.2 Å². The van der Waals surface area contributed by atoms with Gasteiger partial charge in [-0.15, -0.1) is 0 Å². The number of amides is 2. The van der Waals surface area contributed by atoms with Crippen molar-refractivity contribution in [1.29, 1.82) is 0 Å². The molecule has 1 fully saturated rings. The number of ether oxygens (including phenoxy) is 2. The van der Waals surface area contributed by atoms with E-state index in [1.54, 1.807) is 36.4 Å². The van der Waals surface area contributed by atoms with Crippen LogP contribution < -0.4 is 0 Å². The number of carbonyl (C=O) groups is 3. The normalized spacial score (nSPS) is 16.2. The van der Waals surface area contributed by atoms with Crippen LogP contribution in [0.4, 0.5) is 9.59 Å². The molecule has 1 atom stereocenters. The second-order valence-corrected chi connectivity index (χ2v) is 6.54. The Hall–Kier alpha value is -3.55. The number of hydrazine groups is 1. The molecule has 2 amide bonds. The number of carboxylic acid groups (broad SMARTS) is 1. The number of nitrogens with zero attached hydrogens (tertiary/aromatic N) is 2. The lowest BCUT2D eigenvalue weighted by Crippen LogP contribution is -2.60. The summed E-state index contributed by atoms with van der Waals surface area (Å²) in [5.74, 6) is -1.21. The van der Waals surface area contributed by atoms with Gasteiger partial charge in [-0.25, -0.2) is 19.4 Å². The topological polar surface area (TPSA) is 96.4 Å². The molecule has 0 saturated carbocycles. The van der Waals surface area contributed by atoms with Crippen LogP contribution in [0.3, 0.4) is 0 Å². The van der Waals surface area contributed by atoms with Crippen molar-refractivity contribution in [2.45, 2.75) is 32.1 Å². The molecular formula is C21H22N2O6. The molecule has 0 spiro atoms. The zero-order valence-corrected chi connectivity index (χ0v) is 15.8. The molecule has 0 aromatic heterocycles. The van der Waals surface area contributed by atoms with E-state index >= 15 is 0 Å². The summed E-state index contributed by atoms with van der Waals surface area (Å²) in [6, 6.07) is 16.9. The molecule has 2 aromatic rings. The van der Waals surface area contributed by atoms with Crippen LogP contribution in [0.5, 0.6) is 0 Å². The molecule has 3 rings (SSSR count). The molecule has 0 radical (unpaired) electrons. The van der Waals surface area contributed by atoms with Crippen LogP contribution in [0.15, 0.2) is 60.7 Å². The molecule has 8 nitrogen and oxygen atoms in total. The van der Waals surface area contributed by atoms with Crippen molar-refractivity contribution in [1.82, 2.24) is 10.0 Å². The second kappa shape index (κ2) is 9.59. The Balaban J connectivity index is 1.69. The van der Waals surface area contributed by atoms with Crippen molar-refractivity contribution >= 4 is 18.2 Å². The minimum atomic E-state index is -1.21. The highest BCUT2D eigenvalue weighted by molar-refractivity contribution is 5.82. The van der Waals surface area contributed by atoms with Crippen LogP contribution in [0.2, 0.25) is 0 Å². The summed E-state index contributed by atoms with van der Waals surface area (Å²) in [6.07, 6.45) is -1.05. The van der Waals surface area contributed by atoms with Crippen LogP contribution in [0, 0.1) is 0 Å². The van der Waals surface area contributed by atoms with E-state index in [2.05, 4.69) is 0 Å². The van der Waals surface area contributed by atoms with Gasteiger partial charge in [0.05, 0.1) is 0 Å². The Bertz CT molecular complexity index is 843. The van der Waals surface area contributed by atoms with E-state index in [4.69, 9.17) is 9.47 Å². The number of benzene rings is 2. The van der Waals surface area contributed by atoms with E-state index in [9.17, 15) is 19.5 Å². The summed E-state index contributed by atoms with van der Waals surface area (Å²) >= 11 is 0. The lowest BCUT2D eigenvalue weighted by molar-refractivity contribution is -0.153. The van der Waals surface area contributed by atoms with E-state index < -0.39 is 24.2 Å². The van der Waals surface area contributed by atoms with Gasteiger partial charge in [-0.2, -0.15) is 5.01 Å². The second-order valence-electron chi connectivity index (χ2n) is 6.54. The van der Waals surface area contributed by atoms with Gasteiger partial charge < -0.3 is 14.6 Å². The molecule has 1 saturated heterocycles. The maximum absolute atomic E-state index is 12.7. The number of rotatable bonds is 5. The summed E-state index contributed by atoms with van der Waals surface area (Å²) in [5, 5.41) is 11.4. The average molecular weight is 398 g/mol. The summed E-state index contributed by atoms with van der Waals surface area (Å²) in [4.78, 5) is 36.9. The fraction of sp³-hybridized carbons (Fsp3) is 0.286. The van der Waals surface area contributed by atoms with Gasteiger partial charge >= 0.3 is 18.2 Å². The van der Waals surface area contributed by atoms with E-state index in [0.717, 1.165) is 21.1 Å². The first kappa shape index (κ1) is 20.2. The highest BCUT2D eigenvalue weighted by Crippen LogP contribution is 2.22. The first-order valence-corrected chi connectivity index (χ1v) is 9.27. The molecule has 0 bridgehead atoms. The van der Waals surface area contributed by atoms with Crippen molar-refractivity contribution in [3.05, 3.63) is 71.8 Å². The molecular weight excluding hydrogens is 376 g/mol. The third kappa shape index (κ3) is 5.25. The molecule has 2 aromatic carbocycles. The third-order valence-electron chi connectivity index (χ3n) is 4.50. The predicted octanol–water partition coefficient (Wildman–Crippen LogP) is 3.43. The molecule has 0 aliphatic carbocycles. The maximum Gasteiger partial charge on any atom is 0.430 e. The van der Waals surface area contributed by atoms with E-state index in [0.29, 0.717) is 6.42 Å². The van der Waals surface area contributed by atoms with Crippen molar-refractivity contribution in [3.8, 4) is 0 Å². The monoisotopic (exact) mass is 398 g/mol. The first-order chi connectivity index (χ1) is 14.1. The largest absolute Gasteiger partial charge is 0.480 e. The number of carbonyl (C=O) groups excluding carboxylic acids is 2. The number of hydrogen-bond donors (Lipinski definition) is 1. The average Bonchev–Trinajstić information content (AvgIpc) is 2.76. The van der Waals surface area contributed by atoms with Crippen LogP contribution in [0.1, 0.15) is 24.0 Å². The Morgan fingerprint density at radius 1 is 0.862 bits per heavy atom. The Morgan fingerprint density at radius 3 is 1.90 bits per heavy atom. The summed E-state index contributed by atoms with van der Waals surface area (Å²) < 4.78 is 10.5.